The van der Waals surface area contributed by atoms with Crippen molar-refractivity contribution in [1.82, 2.24) is 15.1 Å². The van der Waals surface area contributed by atoms with Crippen molar-refractivity contribution < 1.29 is 4.42 Å². The van der Waals surface area contributed by atoms with Gasteiger partial charge in [-0.15, -0.1) is 0 Å². The Morgan fingerprint density at radius 1 is 1.24 bits per heavy atom. The second kappa shape index (κ2) is 5.74. The topological polar surface area (TPSA) is 43.0 Å². The van der Waals surface area contributed by atoms with Crippen LogP contribution in [0.25, 0.3) is 22.4 Å². The molecule has 0 radical (unpaired) electrons. The van der Waals surface area contributed by atoms with Crippen LogP contribution in [0.5, 0.6) is 0 Å². The van der Waals surface area contributed by atoms with E-state index in [4.69, 9.17) is 4.42 Å². The summed E-state index contributed by atoms with van der Waals surface area (Å²) in [6.07, 6.45) is 2.99. The smallest absolute Gasteiger partial charge is 0.159 e. The second-order valence-corrected chi connectivity index (χ2v) is 5.22. The molecule has 0 amide bonds. The highest BCUT2D eigenvalue weighted by atomic mass is 16.3. The maximum Gasteiger partial charge on any atom is 0.159 e. The molecule has 1 N–H and O–H groups in total. The summed E-state index contributed by atoms with van der Waals surface area (Å²) in [5.41, 5.74) is 4.30. The predicted octanol–water partition coefficient (Wildman–Crippen LogP) is 3.51. The van der Waals surface area contributed by atoms with Crippen molar-refractivity contribution in [2.24, 2.45) is 7.05 Å². The Kier molecular flexibility index (Phi) is 3.80. The van der Waals surface area contributed by atoms with Crippen LogP contribution in [-0.4, -0.2) is 16.3 Å². The van der Waals surface area contributed by atoms with Crippen molar-refractivity contribution >= 4 is 11.0 Å². The molecule has 3 rings (SSSR count). The molecule has 0 aliphatic rings. The lowest BCUT2D eigenvalue weighted by Crippen LogP contribution is -2.11. The molecule has 2 heterocycles. The van der Waals surface area contributed by atoms with E-state index in [-0.39, 0.29) is 0 Å². The van der Waals surface area contributed by atoms with Crippen LogP contribution in [-0.2, 0) is 20.0 Å². The van der Waals surface area contributed by atoms with E-state index in [9.17, 15) is 0 Å². The number of para-hydroxylation sites is 1. The SMILES string of the molecule is CCNCc1cn(C)nc1-c1oc2ccccc2c1CC. The Morgan fingerprint density at radius 3 is 2.81 bits per heavy atom. The largest absolute Gasteiger partial charge is 0.454 e. The van der Waals surface area contributed by atoms with E-state index in [0.29, 0.717) is 0 Å². The van der Waals surface area contributed by atoms with Gasteiger partial charge in [0.25, 0.3) is 0 Å². The Hall–Kier alpha value is -2.07. The minimum Gasteiger partial charge on any atom is -0.454 e. The molecule has 0 aliphatic carbocycles. The summed E-state index contributed by atoms with van der Waals surface area (Å²) < 4.78 is 7.96. The van der Waals surface area contributed by atoms with Crippen molar-refractivity contribution in [3.05, 3.63) is 41.6 Å². The van der Waals surface area contributed by atoms with Gasteiger partial charge in [-0.1, -0.05) is 32.0 Å². The van der Waals surface area contributed by atoms with Gasteiger partial charge in [-0.2, -0.15) is 5.10 Å². The fraction of sp³-hybridized carbons (Fsp3) is 0.353. The molecule has 3 aromatic rings. The van der Waals surface area contributed by atoms with E-state index in [0.717, 1.165) is 36.5 Å². The first-order valence-corrected chi connectivity index (χ1v) is 7.48. The quantitative estimate of drug-likeness (QED) is 0.779. The molecular formula is C17H21N3O. The van der Waals surface area contributed by atoms with E-state index in [1.165, 1.54) is 16.5 Å². The maximum atomic E-state index is 6.11. The van der Waals surface area contributed by atoms with Crippen molar-refractivity contribution in [3.63, 3.8) is 0 Å². The van der Waals surface area contributed by atoms with Crippen LogP contribution in [0.15, 0.2) is 34.9 Å². The van der Waals surface area contributed by atoms with E-state index in [2.05, 4.69) is 42.6 Å². The molecule has 110 valence electrons. The van der Waals surface area contributed by atoms with Crippen molar-refractivity contribution in [2.45, 2.75) is 26.8 Å². The van der Waals surface area contributed by atoms with Gasteiger partial charge in [0.1, 0.15) is 11.3 Å². The molecule has 0 bridgehead atoms. The van der Waals surface area contributed by atoms with Crippen molar-refractivity contribution in [3.8, 4) is 11.5 Å². The Morgan fingerprint density at radius 2 is 2.05 bits per heavy atom. The number of nitrogens with one attached hydrogen (secondary N) is 1. The molecule has 0 spiro atoms. The highest BCUT2D eigenvalue weighted by Gasteiger charge is 2.19. The van der Waals surface area contributed by atoms with Gasteiger partial charge in [-0.25, -0.2) is 0 Å². The number of hydrogen-bond donors (Lipinski definition) is 1. The zero-order valence-electron chi connectivity index (χ0n) is 12.8. The Labute approximate surface area is 124 Å². The van der Waals surface area contributed by atoms with Gasteiger partial charge in [0.05, 0.1) is 0 Å². The molecular weight excluding hydrogens is 262 g/mol. The van der Waals surface area contributed by atoms with Crippen LogP contribution in [0.2, 0.25) is 0 Å². The van der Waals surface area contributed by atoms with E-state index in [1.807, 2.05) is 23.9 Å². The van der Waals surface area contributed by atoms with Crippen molar-refractivity contribution in [1.29, 1.82) is 0 Å². The average Bonchev–Trinajstić information content (AvgIpc) is 3.04. The lowest BCUT2D eigenvalue weighted by molar-refractivity contribution is 0.619. The molecule has 4 nitrogen and oxygen atoms in total. The van der Waals surface area contributed by atoms with Crippen LogP contribution in [0, 0.1) is 0 Å². The average molecular weight is 283 g/mol. The number of rotatable bonds is 5. The maximum absolute atomic E-state index is 6.11. The van der Waals surface area contributed by atoms with E-state index < -0.39 is 0 Å². The highest BCUT2D eigenvalue weighted by molar-refractivity contribution is 5.87. The molecule has 2 aromatic heterocycles. The first-order valence-electron chi connectivity index (χ1n) is 7.48. The van der Waals surface area contributed by atoms with E-state index in [1.54, 1.807) is 0 Å². The van der Waals surface area contributed by atoms with Crippen LogP contribution < -0.4 is 5.32 Å². The third-order valence-electron chi connectivity index (χ3n) is 3.74. The molecule has 0 saturated heterocycles. The van der Waals surface area contributed by atoms with Gasteiger partial charge in [0, 0.05) is 36.3 Å². The number of benzene rings is 1. The third-order valence-corrected chi connectivity index (χ3v) is 3.74. The third kappa shape index (κ3) is 2.47. The molecule has 21 heavy (non-hydrogen) atoms. The summed E-state index contributed by atoms with van der Waals surface area (Å²) in [6, 6.07) is 8.20. The molecule has 0 aliphatic heterocycles. The summed E-state index contributed by atoms with van der Waals surface area (Å²) in [5, 5.41) is 9.17. The number of hydrogen-bond acceptors (Lipinski definition) is 3. The molecule has 1 aromatic carbocycles. The molecule has 4 heteroatoms. The standard InChI is InChI=1S/C17H21N3O/c1-4-13-14-8-6-7-9-15(14)21-17(13)16-12(10-18-5-2)11-20(3)19-16/h6-9,11,18H,4-5,10H2,1-3H3. The predicted molar refractivity (Wildman–Crippen MR) is 85.2 cm³/mol. The normalized spacial score (nSPS) is 11.4. The first-order chi connectivity index (χ1) is 10.2. The number of aromatic nitrogens is 2. The van der Waals surface area contributed by atoms with Crippen molar-refractivity contribution in [2.75, 3.05) is 6.54 Å². The molecule has 0 fully saturated rings. The zero-order valence-corrected chi connectivity index (χ0v) is 12.8. The summed E-state index contributed by atoms with van der Waals surface area (Å²) >= 11 is 0. The van der Waals surface area contributed by atoms with Crippen LogP contribution >= 0.6 is 0 Å². The molecule has 0 saturated carbocycles. The minimum absolute atomic E-state index is 0.805. The monoisotopic (exact) mass is 283 g/mol. The summed E-state index contributed by atoms with van der Waals surface area (Å²) in [7, 11) is 1.95. The van der Waals surface area contributed by atoms with Crippen LogP contribution in [0.1, 0.15) is 25.0 Å². The molecule has 0 atom stereocenters. The van der Waals surface area contributed by atoms with Gasteiger partial charge in [-0.05, 0) is 19.0 Å². The Balaban J connectivity index is 2.16. The van der Waals surface area contributed by atoms with E-state index >= 15 is 0 Å². The van der Waals surface area contributed by atoms with Gasteiger partial charge >= 0.3 is 0 Å². The number of aryl methyl sites for hydroxylation is 2. The molecule has 0 unspecified atom stereocenters. The number of furan rings is 1. The highest BCUT2D eigenvalue weighted by Crippen LogP contribution is 2.34. The van der Waals surface area contributed by atoms with Crippen LogP contribution in [0.3, 0.4) is 0 Å². The first kappa shape index (κ1) is 13.9. The summed E-state index contributed by atoms with van der Waals surface area (Å²) in [5.74, 6) is 0.909. The Bertz CT molecular complexity index is 755. The lowest BCUT2D eigenvalue weighted by Gasteiger charge is -2.02. The van der Waals surface area contributed by atoms with Crippen LogP contribution in [0.4, 0.5) is 0 Å². The van der Waals surface area contributed by atoms with Gasteiger partial charge < -0.3 is 9.73 Å². The fourth-order valence-corrected chi connectivity index (χ4v) is 2.76. The second-order valence-electron chi connectivity index (χ2n) is 5.22. The lowest BCUT2D eigenvalue weighted by atomic mass is 10.1. The minimum atomic E-state index is 0.805. The summed E-state index contributed by atoms with van der Waals surface area (Å²) in [6.45, 7) is 6.01. The summed E-state index contributed by atoms with van der Waals surface area (Å²) in [4.78, 5) is 0. The fourth-order valence-electron chi connectivity index (χ4n) is 2.76. The van der Waals surface area contributed by atoms with Gasteiger partial charge in [-0.3, -0.25) is 4.68 Å². The van der Waals surface area contributed by atoms with Gasteiger partial charge in [0.15, 0.2) is 5.76 Å². The van der Waals surface area contributed by atoms with Gasteiger partial charge in [0.2, 0.25) is 0 Å². The zero-order chi connectivity index (χ0) is 14.8. The number of nitrogens with zero attached hydrogens (tertiary/aromatic N) is 2. The number of fused-ring (bicyclic) bond motifs is 1.